The SMILES string of the molecule is Cc1cnn(CC(=O)N2CCC(COc3ccc(Cl)cc3)(CC(=O)N3CCOCC3)CC2)c1. The summed E-state index contributed by atoms with van der Waals surface area (Å²) in [5, 5.41) is 4.87. The Morgan fingerprint density at radius 3 is 2.36 bits per heavy atom. The Morgan fingerprint density at radius 1 is 1.06 bits per heavy atom. The van der Waals surface area contributed by atoms with Gasteiger partial charge in [-0.05, 0) is 49.6 Å². The maximum Gasteiger partial charge on any atom is 0.244 e. The standard InChI is InChI=1S/C24H31ClN4O4/c1-19-15-26-29(16-19)17-23(31)27-8-6-24(7-9-27,14-22(30)28-10-12-32-13-11-28)18-33-21-4-2-20(25)3-5-21/h2-5,15-16H,6-14,17-18H2,1H3. The predicted octanol–water partition coefficient (Wildman–Crippen LogP) is 2.78. The molecule has 0 radical (unpaired) electrons. The fourth-order valence-electron chi connectivity index (χ4n) is 4.41. The number of rotatable bonds is 7. The van der Waals surface area contributed by atoms with Gasteiger partial charge in [0, 0.05) is 49.2 Å². The molecule has 2 saturated heterocycles. The van der Waals surface area contributed by atoms with Gasteiger partial charge in [0.15, 0.2) is 0 Å². The number of carbonyl (C=O) groups is 2. The predicted molar refractivity (Wildman–Crippen MR) is 124 cm³/mol. The smallest absolute Gasteiger partial charge is 0.244 e. The van der Waals surface area contributed by atoms with Crippen LogP contribution in [0.4, 0.5) is 0 Å². The van der Waals surface area contributed by atoms with Crippen LogP contribution in [0.25, 0.3) is 0 Å². The Kier molecular flexibility index (Phi) is 7.55. The van der Waals surface area contributed by atoms with E-state index in [4.69, 9.17) is 21.1 Å². The number of benzene rings is 1. The van der Waals surface area contributed by atoms with Crippen molar-refractivity contribution in [2.75, 3.05) is 46.0 Å². The summed E-state index contributed by atoms with van der Waals surface area (Å²) >= 11 is 5.99. The van der Waals surface area contributed by atoms with Gasteiger partial charge in [0.2, 0.25) is 11.8 Å². The molecule has 0 aliphatic carbocycles. The molecular formula is C24H31ClN4O4. The largest absolute Gasteiger partial charge is 0.493 e. The van der Waals surface area contributed by atoms with Crippen LogP contribution in [-0.2, 0) is 20.9 Å². The van der Waals surface area contributed by atoms with Crippen molar-refractivity contribution in [2.45, 2.75) is 32.7 Å². The van der Waals surface area contributed by atoms with E-state index >= 15 is 0 Å². The quantitative estimate of drug-likeness (QED) is 0.616. The number of hydrogen-bond acceptors (Lipinski definition) is 5. The minimum absolute atomic E-state index is 0.0461. The van der Waals surface area contributed by atoms with E-state index in [1.165, 1.54) is 0 Å². The third kappa shape index (κ3) is 6.26. The number of piperidine rings is 1. The lowest BCUT2D eigenvalue weighted by Gasteiger charge is -2.42. The molecule has 0 unspecified atom stereocenters. The van der Waals surface area contributed by atoms with Gasteiger partial charge in [0.25, 0.3) is 0 Å². The highest BCUT2D eigenvalue weighted by Crippen LogP contribution is 2.37. The molecule has 178 valence electrons. The van der Waals surface area contributed by atoms with E-state index in [9.17, 15) is 9.59 Å². The van der Waals surface area contributed by atoms with E-state index in [1.807, 2.05) is 35.1 Å². The van der Waals surface area contributed by atoms with Crippen molar-refractivity contribution < 1.29 is 19.1 Å². The van der Waals surface area contributed by atoms with Crippen LogP contribution in [-0.4, -0.2) is 77.4 Å². The van der Waals surface area contributed by atoms with Gasteiger partial charge in [0.05, 0.1) is 26.0 Å². The molecule has 1 aromatic heterocycles. The van der Waals surface area contributed by atoms with Crippen molar-refractivity contribution in [3.8, 4) is 5.75 Å². The molecule has 0 saturated carbocycles. The van der Waals surface area contributed by atoms with Gasteiger partial charge in [-0.3, -0.25) is 14.3 Å². The number of hydrogen-bond donors (Lipinski definition) is 0. The lowest BCUT2D eigenvalue weighted by Crippen LogP contribution is -2.49. The van der Waals surface area contributed by atoms with Crippen LogP contribution in [0.15, 0.2) is 36.7 Å². The molecule has 0 N–H and O–H groups in total. The second-order valence-electron chi connectivity index (χ2n) is 9.01. The van der Waals surface area contributed by atoms with E-state index in [0.717, 1.165) is 11.3 Å². The Hall–Kier alpha value is -2.58. The van der Waals surface area contributed by atoms with E-state index in [-0.39, 0.29) is 23.8 Å². The van der Waals surface area contributed by atoms with Crippen molar-refractivity contribution in [3.63, 3.8) is 0 Å². The van der Waals surface area contributed by atoms with Crippen LogP contribution in [0.3, 0.4) is 0 Å². The lowest BCUT2D eigenvalue weighted by molar-refractivity contribution is -0.141. The van der Waals surface area contributed by atoms with Crippen molar-refractivity contribution in [1.82, 2.24) is 19.6 Å². The second kappa shape index (κ2) is 10.6. The summed E-state index contributed by atoms with van der Waals surface area (Å²) in [6, 6.07) is 7.26. The summed E-state index contributed by atoms with van der Waals surface area (Å²) in [7, 11) is 0. The fraction of sp³-hybridized carbons (Fsp3) is 0.542. The zero-order valence-electron chi connectivity index (χ0n) is 19.0. The molecule has 33 heavy (non-hydrogen) atoms. The average molecular weight is 475 g/mol. The highest BCUT2D eigenvalue weighted by molar-refractivity contribution is 6.30. The Morgan fingerprint density at radius 2 is 1.73 bits per heavy atom. The number of aromatic nitrogens is 2. The molecule has 9 heteroatoms. The van der Waals surface area contributed by atoms with E-state index in [1.54, 1.807) is 23.0 Å². The van der Waals surface area contributed by atoms with Crippen LogP contribution in [0, 0.1) is 12.3 Å². The zero-order valence-corrected chi connectivity index (χ0v) is 19.8. The van der Waals surface area contributed by atoms with Crippen molar-refractivity contribution in [3.05, 3.63) is 47.2 Å². The molecule has 1 aromatic carbocycles. The van der Waals surface area contributed by atoms with Gasteiger partial charge < -0.3 is 19.3 Å². The Labute approximate surface area is 199 Å². The number of halogens is 1. The summed E-state index contributed by atoms with van der Waals surface area (Å²) in [5.41, 5.74) is 0.704. The number of morpholine rings is 1. The number of likely N-dealkylation sites (tertiary alicyclic amines) is 1. The Balaban J connectivity index is 1.40. The molecule has 2 aliphatic heterocycles. The average Bonchev–Trinajstić information content (AvgIpc) is 3.24. The number of aryl methyl sites for hydroxylation is 1. The molecule has 2 aromatic rings. The van der Waals surface area contributed by atoms with Crippen molar-refractivity contribution in [2.24, 2.45) is 5.41 Å². The number of amides is 2. The highest BCUT2D eigenvalue weighted by atomic mass is 35.5. The maximum absolute atomic E-state index is 13.1. The minimum Gasteiger partial charge on any atom is -0.493 e. The summed E-state index contributed by atoms with van der Waals surface area (Å²) in [5.74, 6) is 0.903. The summed E-state index contributed by atoms with van der Waals surface area (Å²) in [4.78, 5) is 29.6. The van der Waals surface area contributed by atoms with Crippen LogP contribution >= 0.6 is 11.6 Å². The summed E-state index contributed by atoms with van der Waals surface area (Å²) in [6.45, 7) is 6.21. The number of nitrogens with zero attached hydrogens (tertiary/aromatic N) is 4. The van der Waals surface area contributed by atoms with Gasteiger partial charge in [0.1, 0.15) is 12.3 Å². The van der Waals surface area contributed by atoms with Crippen LogP contribution in [0.5, 0.6) is 5.75 Å². The third-order valence-corrected chi connectivity index (χ3v) is 6.74. The van der Waals surface area contributed by atoms with Crippen LogP contribution in [0.2, 0.25) is 5.02 Å². The van der Waals surface area contributed by atoms with Crippen molar-refractivity contribution >= 4 is 23.4 Å². The molecule has 0 atom stereocenters. The summed E-state index contributed by atoms with van der Waals surface area (Å²) in [6.07, 6.45) is 5.44. The topological polar surface area (TPSA) is 76.9 Å². The first-order valence-electron chi connectivity index (χ1n) is 11.4. The number of carbonyl (C=O) groups excluding carboxylic acids is 2. The second-order valence-corrected chi connectivity index (χ2v) is 9.45. The van der Waals surface area contributed by atoms with Gasteiger partial charge in [-0.1, -0.05) is 11.6 Å². The van der Waals surface area contributed by atoms with E-state index in [0.29, 0.717) is 70.3 Å². The van der Waals surface area contributed by atoms with Gasteiger partial charge in [-0.2, -0.15) is 5.10 Å². The first kappa shape index (κ1) is 23.6. The third-order valence-electron chi connectivity index (χ3n) is 6.49. The first-order chi connectivity index (χ1) is 15.9. The first-order valence-corrected chi connectivity index (χ1v) is 11.8. The van der Waals surface area contributed by atoms with Crippen LogP contribution in [0.1, 0.15) is 24.8 Å². The zero-order chi connectivity index (χ0) is 23.3. The van der Waals surface area contributed by atoms with Gasteiger partial charge in [-0.15, -0.1) is 0 Å². The van der Waals surface area contributed by atoms with Crippen LogP contribution < -0.4 is 4.74 Å². The molecule has 2 amide bonds. The highest BCUT2D eigenvalue weighted by Gasteiger charge is 2.40. The fourth-order valence-corrected chi connectivity index (χ4v) is 4.53. The lowest BCUT2D eigenvalue weighted by atomic mass is 9.75. The minimum atomic E-state index is -0.325. The maximum atomic E-state index is 13.1. The molecular weight excluding hydrogens is 444 g/mol. The van der Waals surface area contributed by atoms with E-state index < -0.39 is 0 Å². The normalized spacial score (nSPS) is 18.2. The molecule has 2 aliphatic rings. The summed E-state index contributed by atoms with van der Waals surface area (Å²) < 4.78 is 13.2. The molecule has 2 fully saturated rings. The molecule has 4 rings (SSSR count). The molecule has 0 spiro atoms. The van der Waals surface area contributed by atoms with Crippen molar-refractivity contribution in [1.29, 1.82) is 0 Å². The molecule has 8 nitrogen and oxygen atoms in total. The Bertz CT molecular complexity index is 948. The molecule has 0 bridgehead atoms. The van der Waals surface area contributed by atoms with Gasteiger partial charge >= 0.3 is 0 Å². The molecule has 3 heterocycles. The van der Waals surface area contributed by atoms with E-state index in [2.05, 4.69) is 5.10 Å². The number of ether oxygens (including phenoxy) is 2. The van der Waals surface area contributed by atoms with Gasteiger partial charge in [-0.25, -0.2) is 0 Å². The monoisotopic (exact) mass is 474 g/mol.